The summed E-state index contributed by atoms with van der Waals surface area (Å²) in [6.45, 7) is 0. The number of hydrogen-bond donors (Lipinski definition) is 3. The Morgan fingerprint density at radius 2 is 1.06 bits per heavy atom. The summed E-state index contributed by atoms with van der Waals surface area (Å²) >= 11 is 0. The predicted octanol–water partition coefficient (Wildman–Crippen LogP) is 2.65. The van der Waals surface area contributed by atoms with Crippen LogP contribution in [0.1, 0.15) is 31.1 Å². The minimum absolute atomic E-state index is 0.0940. The Balaban J connectivity index is 1.86. The van der Waals surface area contributed by atoms with Crippen molar-refractivity contribution < 1.29 is 23.9 Å². The number of amides is 3. The van der Waals surface area contributed by atoms with Crippen LogP contribution < -0.4 is 25.8 Å². The molecule has 0 aromatic heterocycles. The summed E-state index contributed by atoms with van der Waals surface area (Å²) in [7, 11) is 3.05. The molecule has 9 heteroatoms. The van der Waals surface area contributed by atoms with E-state index in [1.54, 1.807) is 60.7 Å². The highest BCUT2D eigenvalue weighted by atomic mass is 16.5. The second kappa shape index (κ2) is 10.6. The quantitative estimate of drug-likeness (QED) is 0.396. The van der Waals surface area contributed by atoms with Crippen LogP contribution in [0, 0.1) is 0 Å². The Kier molecular flexibility index (Phi) is 7.38. The second-order valence-electron chi connectivity index (χ2n) is 6.74. The Morgan fingerprint density at radius 3 is 1.42 bits per heavy atom. The molecule has 3 aromatic carbocycles. The van der Waals surface area contributed by atoms with E-state index in [0.717, 1.165) is 0 Å². The monoisotopic (exact) mass is 446 g/mol. The van der Waals surface area contributed by atoms with Crippen molar-refractivity contribution in [3.63, 3.8) is 0 Å². The van der Waals surface area contributed by atoms with Gasteiger partial charge in [0.05, 0.1) is 19.9 Å². The third kappa shape index (κ3) is 6.17. The van der Waals surface area contributed by atoms with Gasteiger partial charge in [-0.15, -0.1) is 0 Å². The number of nitrogens with two attached hydrogens (primary N) is 1. The zero-order chi connectivity index (χ0) is 23.8. The smallest absolute Gasteiger partial charge is 0.257 e. The lowest BCUT2D eigenvalue weighted by Crippen LogP contribution is -2.43. The van der Waals surface area contributed by atoms with Crippen LogP contribution in [-0.4, -0.2) is 37.9 Å². The van der Waals surface area contributed by atoms with E-state index < -0.39 is 17.7 Å². The first-order valence-corrected chi connectivity index (χ1v) is 9.79. The number of nitrogens with zero attached hydrogens (tertiary/aromatic N) is 1. The lowest BCUT2D eigenvalue weighted by atomic mass is 10.2. The Labute approximate surface area is 190 Å². The number of guanidine groups is 1. The van der Waals surface area contributed by atoms with Gasteiger partial charge in [0.1, 0.15) is 11.5 Å². The first kappa shape index (κ1) is 23.0. The zero-order valence-corrected chi connectivity index (χ0v) is 18.0. The molecular weight excluding hydrogens is 424 g/mol. The Morgan fingerprint density at radius 1 is 0.667 bits per heavy atom. The number of ether oxygens (including phenoxy) is 2. The largest absolute Gasteiger partial charge is 0.497 e. The lowest BCUT2D eigenvalue weighted by molar-refractivity contribution is 0.0963. The van der Waals surface area contributed by atoms with Crippen LogP contribution in [0.3, 0.4) is 0 Å². The number of benzene rings is 3. The van der Waals surface area contributed by atoms with E-state index in [4.69, 9.17) is 15.2 Å². The van der Waals surface area contributed by atoms with Gasteiger partial charge in [0, 0.05) is 16.7 Å². The van der Waals surface area contributed by atoms with E-state index in [1.165, 1.54) is 26.4 Å². The van der Waals surface area contributed by atoms with E-state index in [1.807, 2.05) is 0 Å². The van der Waals surface area contributed by atoms with Gasteiger partial charge in [-0.3, -0.25) is 25.0 Å². The molecule has 4 N–H and O–H groups in total. The molecule has 0 aliphatic heterocycles. The molecule has 0 fully saturated rings. The molecule has 0 heterocycles. The normalized spacial score (nSPS) is 10.0. The fourth-order valence-corrected chi connectivity index (χ4v) is 2.76. The molecule has 0 unspecified atom stereocenters. The molecule has 0 spiro atoms. The number of carbonyl (C=O) groups is 3. The van der Waals surface area contributed by atoms with Gasteiger partial charge in [-0.1, -0.05) is 0 Å². The van der Waals surface area contributed by atoms with E-state index in [9.17, 15) is 14.4 Å². The van der Waals surface area contributed by atoms with Crippen molar-refractivity contribution in [1.29, 1.82) is 0 Å². The van der Waals surface area contributed by atoms with Crippen molar-refractivity contribution in [3.05, 3.63) is 89.5 Å². The van der Waals surface area contributed by atoms with Crippen LogP contribution in [0.4, 0.5) is 5.69 Å². The molecule has 0 aliphatic rings. The van der Waals surface area contributed by atoms with Gasteiger partial charge in [-0.05, 0) is 72.8 Å². The molecule has 33 heavy (non-hydrogen) atoms. The van der Waals surface area contributed by atoms with Crippen LogP contribution in [0.5, 0.6) is 11.5 Å². The maximum absolute atomic E-state index is 12.7. The summed E-state index contributed by atoms with van der Waals surface area (Å²) in [4.78, 5) is 41.1. The van der Waals surface area contributed by atoms with Crippen LogP contribution in [-0.2, 0) is 0 Å². The molecule has 0 saturated carbocycles. The zero-order valence-electron chi connectivity index (χ0n) is 18.0. The van der Waals surface area contributed by atoms with Crippen LogP contribution in [0.15, 0.2) is 77.8 Å². The number of aliphatic imine (C=N–C) groups is 1. The summed E-state index contributed by atoms with van der Waals surface area (Å²) in [5.41, 5.74) is 6.63. The van der Waals surface area contributed by atoms with Gasteiger partial charge in [-0.25, -0.2) is 4.99 Å². The molecule has 9 nitrogen and oxygen atoms in total. The maximum atomic E-state index is 12.7. The van der Waals surface area contributed by atoms with Crippen molar-refractivity contribution in [2.45, 2.75) is 0 Å². The standard InChI is InChI=1S/C24H22N4O5/c1-32-19-11-5-16(6-12-19)22(30)27-24(26-18-9-3-15(4-10-18)21(25)29)28-23(31)17-7-13-20(33-2)14-8-17/h3-14H,1-2H3,(H2,25,29)(H2,26,27,28,30,31). The molecule has 0 radical (unpaired) electrons. The molecule has 0 saturated heterocycles. The van der Waals surface area contributed by atoms with E-state index in [2.05, 4.69) is 15.6 Å². The van der Waals surface area contributed by atoms with E-state index in [-0.39, 0.29) is 5.96 Å². The summed E-state index contributed by atoms with van der Waals surface area (Å²) in [5.74, 6) is -0.444. The van der Waals surface area contributed by atoms with Gasteiger partial charge in [-0.2, -0.15) is 0 Å². The van der Waals surface area contributed by atoms with Gasteiger partial charge in [0.25, 0.3) is 11.8 Å². The summed E-state index contributed by atoms with van der Waals surface area (Å²) in [5, 5.41) is 5.20. The molecule has 0 atom stereocenters. The molecule has 3 rings (SSSR count). The minimum Gasteiger partial charge on any atom is -0.497 e. The average Bonchev–Trinajstić information content (AvgIpc) is 2.84. The van der Waals surface area contributed by atoms with Crippen molar-refractivity contribution >= 4 is 29.4 Å². The first-order chi connectivity index (χ1) is 15.9. The van der Waals surface area contributed by atoms with Crippen LogP contribution >= 0.6 is 0 Å². The lowest BCUT2D eigenvalue weighted by Gasteiger charge is -2.12. The van der Waals surface area contributed by atoms with Gasteiger partial charge < -0.3 is 15.2 Å². The van der Waals surface area contributed by atoms with E-state index >= 15 is 0 Å². The minimum atomic E-state index is -0.577. The number of carbonyl (C=O) groups excluding carboxylic acids is 3. The number of rotatable bonds is 6. The predicted molar refractivity (Wildman–Crippen MR) is 123 cm³/mol. The van der Waals surface area contributed by atoms with Crippen LogP contribution in [0.2, 0.25) is 0 Å². The SMILES string of the molecule is COc1ccc(C(=O)NC(=Nc2ccc(C(N)=O)cc2)NC(=O)c2ccc(OC)cc2)cc1. The summed E-state index contributed by atoms with van der Waals surface area (Å²) < 4.78 is 10.2. The third-order valence-corrected chi connectivity index (χ3v) is 4.56. The first-order valence-electron chi connectivity index (χ1n) is 9.79. The Bertz CT molecular complexity index is 1110. The highest BCUT2D eigenvalue weighted by Gasteiger charge is 2.14. The highest BCUT2D eigenvalue weighted by molar-refractivity contribution is 6.13. The van der Waals surface area contributed by atoms with Crippen molar-refractivity contribution in [1.82, 2.24) is 10.6 Å². The van der Waals surface area contributed by atoms with E-state index in [0.29, 0.717) is 33.9 Å². The molecule has 3 amide bonds. The summed E-state index contributed by atoms with van der Waals surface area (Å²) in [6, 6.07) is 19.0. The maximum Gasteiger partial charge on any atom is 0.257 e. The number of nitrogens with one attached hydrogen (secondary N) is 2. The molecule has 3 aromatic rings. The fraction of sp³-hybridized carbons (Fsp3) is 0.0833. The third-order valence-electron chi connectivity index (χ3n) is 4.56. The molecule has 168 valence electrons. The Hall–Kier alpha value is -4.66. The van der Waals surface area contributed by atoms with Crippen LogP contribution in [0.25, 0.3) is 0 Å². The van der Waals surface area contributed by atoms with Crippen molar-refractivity contribution in [2.75, 3.05) is 14.2 Å². The van der Waals surface area contributed by atoms with Crippen molar-refractivity contribution in [2.24, 2.45) is 10.7 Å². The van der Waals surface area contributed by atoms with Gasteiger partial charge in [0.2, 0.25) is 11.9 Å². The molecule has 0 aliphatic carbocycles. The molecule has 0 bridgehead atoms. The van der Waals surface area contributed by atoms with Gasteiger partial charge >= 0.3 is 0 Å². The van der Waals surface area contributed by atoms with Gasteiger partial charge in [0.15, 0.2) is 0 Å². The average molecular weight is 446 g/mol. The second-order valence-corrected chi connectivity index (χ2v) is 6.74. The topological polar surface area (TPSA) is 132 Å². The number of hydrogen-bond acceptors (Lipinski definition) is 6. The fourth-order valence-electron chi connectivity index (χ4n) is 2.76. The number of methoxy groups -OCH3 is 2. The highest BCUT2D eigenvalue weighted by Crippen LogP contribution is 2.15. The summed E-state index contributed by atoms with van der Waals surface area (Å²) in [6.07, 6.45) is 0. The van der Waals surface area contributed by atoms with Crippen molar-refractivity contribution in [3.8, 4) is 11.5 Å². The number of primary amides is 1. The molecular formula is C24H22N4O5.